The third kappa shape index (κ3) is 2.53. The Morgan fingerprint density at radius 2 is 2.22 bits per heavy atom. The molecule has 1 aromatic heterocycles. The van der Waals surface area contributed by atoms with Crippen LogP contribution < -0.4 is 10.1 Å². The van der Waals surface area contributed by atoms with Crippen LogP contribution in [0.25, 0.3) is 11.4 Å². The van der Waals surface area contributed by atoms with Gasteiger partial charge in [-0.05, 0) is 25.1 Å². The van der Waals surface area contributed by atoms with E-state index in [1.807, 2.05) is 0 Å². The molecule has 0 saturated carbocycles. The van der Waals surface area contributed by atoms with Crippen LogP contribution >= 0.6 is 0 Å². The zero-order chi connectivity index (χ0) is 13.0. The van der Waals surface area contributed by atoms with Crippen LogP contribution in [0, 0.1) is 5.82 Å². The molecule has 0 atom stereocenters. The molecule has 1 heterocycles. The summed E-state index contributed by atoms with van der Waals surface area (Å²) in [6.07, 6.45) is 1.49. The topological polar surface area (TPSA) is 59.9 Å². The molecule has 0 unspecified atom stereocenters. The lowest BCUT2D eigenvalue weighted by Crippen LogP contribution is -1.99. The van der Waals surface area contributed by atoms with Crippen molar-refractivity contribution in [3.05, 3.63) is 30.2 Å². The van der Waals surface area contributed by atoms with Crippen molar-refractivity contribution >= 4 is 5.82 Å². The van der Waals surface area contributed by atoms with Gasteiger partial charge in [0.05, 0.1) is 12.8 Å². The first-order valence-corrected chi connectivity index (χ1v) is 5.54. The summed E-state index contributed by atoms with van der Waals surface area (Å²) in [6.45, 7) is 2.22. The number of nitrogens with one attached hydrogen (secondary N) is 1. The molecule has 0 aliphatic carbocycles. The molecule has 0 saturated heterocycles. The summed E-state index contributed by atoms with van der Waals surface area (Å²) in [7, 11) is 1.73. The van der Waals surface area contributed by atoms with Gasteiger partial charge in [0.2, 0.25) is 0 Å². The van der Waals surface area contributed by atoms with Crippen molar-refractivity contribution in [3.63, 3.8) is 0 Å². The van der Waals surface area contributed by atoms with Gasteiger partial charge in [-0.15, -0.1) is 5.10 Å². The minimum Gasteiger partial charge on any atom is -0.491 e. The molecule has 0 aliphatic heterocycles. The third-order valence-corrected chi connectivity index (χ3v) is 2.30. The standard InChI is InChI=1S/C12H13FN4O/c1-3-18-10-5-4-8(6-9(10)13)12-16-11(14-2)7-15-17-12/h4-7H,3H2,1-2H3,(H,14,16,17). The van der Waals surface area contributed by atoms with E-state index in [4.69, 9.17) is 4.74 Å². The first-order chi connectivity index (χ1) is 8.74. The highest BCUT2D eigenvalue weighted by Gasteiger charge is 2.08. The van der Waals surface area contributed by atoms with E-state index < -0.39 is 5.82 Å². The smallest absolute Gasteiger partial charge is 0.183 e. The molecule has 18 heavy (non-hydrogen) atoms. The van der Waals surface area contributed by atoms with Crippen molar-refractivity contribution in [3.8, 4) is 17.1 Å². The fourth-order valence-electron chi connectivity index (χ4n) is 1.46. The Morgan fingerprint density at radius 1 is 1.39 bits per heavy atom. The maximum atomic E-state index is 13.7. The average Bonchev–Trinajstić information content (AvgIpc) is 2.41. The van der Waals surface area contributed by atoms with Crippen LogP contribution in [0.5, 0.6) is 5.75 Å². The number of rotatable bonds is 4. The van der Waals surface area contributed by atoms with Crippen LogP contribution in [0.2, 0.25) is 0 Å². The van der Waals surface area contributed by atoms with Crippen LogP contribution in [-0.4, -0.2) is 28.8 Å². The Balaban J connectivity index is 2.35. The number of ether oxygens (including phenoxy) is 1. The summed E-state index contributed by atoms with van der Waals surface area (Å²) >= 11 is 0. The van der Waals surface area contributed by atoms with Crippen LogP contribution in [-0.2, 0) is 0 Å². The molecule has 1 N–H and O–H groups in total. The van der Waals surface area contributed by atoms with E-state index in [0.29, 0.717) is 23.8 Å². The largest absolute Gasteiger partial charge is 0.491 e. The number of halogens is 1. The number of benzene rings is 1. The predicted octanol–water partition coefficient (Wildman–Crippen LogP) is 2.12. The normalized spacial score (nSPS) is 10.2. The molecule has 6 heteroatoms. The van der Waals surface area contributed by atoms with Gasteiger partial charge >= 0.3 is 0 Å². The second kappa shape index (κ2) is 5.39. The van der Waals surface area contributed by atoms with E-state index in [1.54, 1.807) is 26.1 Å². The molecule has 0 bridgehead atoms. The first kappa shape index (κ1) is 12.2. The number of anilines is 1. The Kier molecular flexibility index (Phi) is 3.66. The Hall–Kier alpha value is -2.24. The van der Waals surface area contributed by atoms with E-state index in [-0.39, 0.29) is 5.75 Å². The van der Waals surface area contributed by atoms with Crippen LogP contribution in [0.4, 0.5) is 10.2 Å². The van der Waals surface area contributed by atoms with E-state index in [1.165, 1.54) is 12.3 Å². The highest BCUT2D eigenvalue weighted by molar-refractivity contribution is 5.57. The van der Waals surface area contributed by atoms with Gasteiger partial charge in [0, 0.05) is 12.6 Å². The molecule has 0 aliphatic rings. The quantitative estimate of drug-likeness (QED) is 0.898. The van der Waals surface area contributed by atoms with Crippen molar-refractivity contribution in [2.45, 2.75) is 6.92 Å². The van der Waals surface area contributed by atoms with Gasteiger partial charge in [-0.25, -0.2) is 9.37 Å². The average molecular weight is 248 g/mol. The van der Waals surface area contributed by atoms with Crippen molar-refractivity contribution < 1.29 is 9.13 Å². The lowest BCUT2D eigenvalue weighted by molar-refractivity contribution is 0.321. The van der Waals surface area contributed by atoms with E-state index in [9.17, 15) is 4.39 Å². The molecule has 2 aromatic rings. The molecule has 2 rings (SSSR count). The van der Waals surface area contributed by atoms with Crippen LogP contribution in [0.15, 0.2) is 24.4 Å². The molecular weight excluding hydrogens is 235 g/mol. The Morgan fingerprint density at radius 3 is 2.89 bits per heavy atom. The van der Waals surface area contributed by atoms with Crippen molar-refractivity contribution in [1.29, 1.82) is 0 Å². The summed E-state index contributed by atoms with van der Waals surface area (Å²) < 4.78 is 18.8. The molecule has 0 spiro atoms. The predicted molar refractivity (Wildman–Crippen MR) is 65.9 cm³/mol. The van der Waals surface area contributed by atoms with Gasteiger partial charge in [0.25, 0.3) is 0 Å². The van der Waals surface area contributed by atoms with E-state index >= 15 is 0 Å². The SMILES string of the molecule is CCOc1ccc(-c2nncc(NC)n2)cc1F. The number of aromatic nitrogens is 3. The molecule has 0 amide bonds. The fraction of sp³-hybridized carbons (Fsp3) is 0.250. The Bertz CT molecular complexity index is 547. The number of hydrogen-bond donors (Lipinski definition) is 1. The molecule has 94 valence electrons. The van der Waals surface area contributed by atoms with Gasteiger partial charge in [-0.2, -0.15) is 5.10 Å². The number of hydrogen-bond acceptors (Lipinski definition) is 5. The minimum absolute atomic E-state index is 0.221. The summed E-state index contributed by atoms with van der Waals surface area (Å²) in [6, 6.07) is 4.59. The van der Waals surface area contributed by atoms with E-state index in [0.717, 1.165) is 0 Å². The Labute approximate surface area is 104 Å². The summed E-state index contributed by atoms with van der Waals surface area (Å²) in [5.74, 6) is 0.727. The van der Waals surface area contributed by atoms with Crippen LogP contribution in [0.1, 0.15) is 6.92 Å². The zero-order valence-corrected chi connectivity index (χ0v) is 10.1. The molecule has 0 fully saturated rings. The minimum atomic E-state index is -0.437. The number of nitrogens with zero attached hydrogens (tertiary/aromatic N) is 3. The second-order valence-corrected chi connectivity index (χ2v) is 3.49. The molecule has 0 radical (unpaired) electrons. The van der Waals surface area contributed by atoms with Gasteiger partial charge in [0.1, 0.15) is 5.82 Å². The van der Waals surface area contributed by atoms with Crippen molar-refractivity contribution in [2.75, 3.05) is 19.0 Å². The lowest BCUT2D eigenvalue weighted by atomic mass is 10.2. The monoisotopic (exact) mass is 248 g/mol. The maximum absolute atomic E-state index is 13.7. The van der Waals surface area contributed by atoms with Crippen LogP contribution in [0.3, 0.4) is 0 Å². The van der Waals surface area contributed by atoms with Crippen molar-refractivity contribution in [2.24, 2.45) is 0 Å². The first-order valence-electron chi connectivity index (χ1n) is 5.54. The van der Waals surface area contributed by atoms with E-state index in [2.05, 4.69) is 20.5 Å². The maximum Gasteiger partial charge on any atom is 0.183 e. The van der Waals surface area contributed by atoms with Gasteiger partial charge in [0.15, 0.2) is 17.4 Å². The van der Waals surface area contributed by atoms with Crippen molar-refractivity contribution in [1.82, 2.24) is 15.2 Å². The van der Waals surface area contributed by atoms with Gasteiger partial charge < -0.3 is 10.1 Å². The fourth-order valence-corrected chi connectivity index (χ4v) is 1.46. The lowest BCUT2D eigenvalue weighted by Gasteiger charge is -2.06. The highest BCUT2D eigenvalue weighted by Crippen LogP contribution is 2.23. The molecule has 1 aromatic carbocycles. The molecular formula is C12H13FN4O. The summed E-state index contributed by atoms with van der Waals surface area (Å²) in [5.41, 5.74) is 0.556. The highest BCUT2D eigenvalue weighted by atomic mass is 19.1. The molecule has 5 nitrogen and oxygen atoms in total. The van der Waals surface area contributed by atoms with Gasteiger partial charge in [-0.3, -0.25) is 0 Å². The third-order valence-electron chi connectivity index (χ3n) is 2.30. The summed E-state index contributed by atoms with van der Waals surface area (Å²) in [4.78, 5) is 4.19. The second-order valence-electron chi connectivity index (χ2n) is 3.49. The zero-order valence-electron chi connectivity index (χ0n) is 10.1. The van der Waals surface area contributed by atoms with Gasteiger partial charge in [-0.1, -0.05) is 0 Å². The summed E-state index contributed by atoms with van der Waals surface area (Å²) in [5, 5.41) is 10.5.